The lowest BCUT2D eigenvalue weighted by Crippen LogP contribution is -1.99. The summed E-state index contributed by atoms with van der Waals surface area (Å²) >= 11 is 0. The zero-order valence-corrected chi connectivity index (χ0v) is 8.47. The van der Waals surface area contributed by atoms with Crippen LogP contribution in [-0.2, 0) is 0 Å². The molecule has 0 aromatic rings. The van der Waals surface area contributed by atoms with E-state index >= 15 is 0 Å². The van der Waals surface area contributed by atoms with Gasteiger partial charge in [-0.1, -0.05) is 31.4 Å². The zero-order chi connectivity index (χ0) is 9.68. The van der Waals surface area contributed by atoms with E-state index in [2.05, 4.69) is 26.2 Å². The van der Waals surface area contributed by atoms with E-state index in [0.717, 1.165) is 0 Å². The maximum Gasteiger partial charge on any atom is -0.0273 e. The molecule has 0 saturated heterocycles. The van der Waals surface area contributed by atoms with E-state index in [1.54, 1.807) is 0 Å². The van der Waals surface area contributed by atoms with Crippen molar-refractivity contribution in [1.82, 2.24) is 0 Å². The molecule has 0 saturated carbocycles. The lowest BCUT2D eigenvalue weighted by atomic mass is 9.87. The Morgan fingerprint density at radius 2 is 1.92 bits per heavy atom. The highest BCUT2D eigenvalue weighted by molar-refractivity contribution is 5.40. The Bertz CT molecular complexity index is 264. The fourth-order valence-corrected chi connectivity index (χ4v) is 1.88. The Labute approximate surface area is 81.4 Å². The zero-order valence-electron chi connectivity index (χ0n) is 8.47. The van der Waals surface area contributed by atoms with Crippen molar-refractivity contribution in [3.05, 3.63) is 48.1 Å². The summed E-state index contributed by atoms with van der Waals surface area (Å²) in [5.74, 6) is 0. The van der Waals surface area contributed by atoms with Gasteiger partial charge < -0.3 is 0 Å². The molecule has 0 spiro atoms. The Morgan fingerprint density at radius 1 is 1.23 bits per heavy atom. The van der Waals surface area contributed by atoms with Crippen LogP contribution in [-0.4, -0.2) is 0 Å². The average molecular weight is 174 g/mol. The van der Waals surface area contributed by atoms with Gasteiger partial charge in [-0.25, -0.2) is 0 Å². The first-order valence-corrected chi connectivity index (χ1v) is 4.93. The lowest BCUT2D eigenvalue weighted by molar-refractivity contribution is 0.687. The predicted molar refractivity (Wildman–Crippen MR) is 59.6 cm³/mol. The number of allylic oxidation sites excluding steroid dienone is 6. The van der Waals surface area contributed by atoms with E-state index in [0.29, 0.717) is 0 Å². The van der Waals surface area contributed by atoms with E-state index in [-0.39, 0.29) is 0 Å². The summed E-state index contributed by atoms with van der Waals surface area (Å²) in [4.78, 5) is 0. The number of hydrogen-bond acceptors (Lipinski definition) is 0. The molecule has 0 N–H and O–H groups in total. The fourth-order valence-electron chi connectivity index (χ4n) is 1.88. The van der Waals surface area contributed by atoms with Crippen LogP contribution in [0.3, 0.4) is 0 Å². The van der Waals surface area contributed by atoms with E-state index < -0.39 is 0 Å². The average Bonchev–Trinajstić information content (AvgIpc) is 2.18. The normalized spacial score (nSPS) is 18.7. The molecule has 0 nitrogen and oxygen atoms in total. The highest BCUT2D eigenvalue weighted by Gasteiger charge is 2.10. The molecule has 1 aliphatic carbocycles. The van der Waals surface area contributed by atoms with Crippen LogP contribution in [0.25, 0.3) is 0 Å². The van der Waals surface area contributed by atoms with Crippen LogP contribution in [0.15, 0.2) is 48.1 Å². The summed E-state index contributed by atoms with van der Waals surface area (Å²) in [7, 11) is 0. The molecule has 70 valence electrons. The number of rotatable bonds is 3. The van der Waals surface area contributed by atoms with Crippen molar-refractivity contribution in [3.8, 4) is 0 Å². The monoisotopic (exact) mass is 174 g/mol. The standard InChI is InChI=1S/C13H18/c1-4-8-11(3)13-10-7-6-9-12(13)5-2/h4-5,8H,1-2,6-7,9-10H2,3H3/b11-8-. The van der Waals surface area contributed by atoms with Crippen molar-refractivity contribution in [2.45, 2.75) is 32.6 Å². The molecule has 0 radical (unpaired) electrons. The molecule has 1 rings (SSSR count). The van der Waals surface area contributed by atoms with Crippen LogP contribution >= 0.6 is 0 Å². The lowest BCUT2D eigenvalue weighted by Gasteiger charge is -2.18. The van der Waals surface area contributed by atoms with Crippen LogP contribution in [0.2, 0.25) is 0 Å². The maximum absolute atomic E-state index is 3.87. The summed E-state index contributed by atoms with van der Waals surface area (Å²) in [5.41, 5.74) is 4.27. The molecule has 0 heterocycles. The first-order valence-electron chi connectivity index (χ1n) is 4.93. The van der Waals surface area contributed by atoms with Crippen LogP contribution in [0, 0.1) is 0 Å². The van der Waals surface area contributed by atoms with Gasteiger partial charge in [-0.05, 0) is 49.3 Å². The molecule has 0 aromatic heterocycles. The molecule has 0 heteroatoms. The van der Waals surface area contributed by atoms with Gasteiger partial charge in [0.1, 0.15) is 0 Å². The SMILES string of the molecule is C=C/C=C(/C)C1=C(C=C)CCCC1. The Morgan fingerprint density at radius 3 is 2.54 bits per heavy atom. The third-order valence-electron chi connectivity index (χ3n) is 2.60. The summed E-state index contributed by atoms with van der Waals surface area (Å²) in [6.07, 6.45) is 11.0. The van der Waals surface area contributed by atoms with Gasteiger partial charge in [0.25, 0.3) is 0 Å². The van der Waals surface area contributed by atoms with Crippen molar-refractivity contribution in [3.63, 3.8) is 0 Å². The predicted octanol–water partition coefficient (Wildman–Crippen LogP) is 4.18. The summed E-state index contributed by atoms with van der Waals surface area (Å²) in [6.45, 7) is 9.75. The van der Waals surface area contributed by atoms with Gasteiger partial charge in [0.15, 0.2) is 0 Å². The molecule has 0 aliphatic heterocycles. The second-order valence-electron chi connectivity index (χ2n) is 3.50. The highest BCUT2D eigenvalue weighted by Crippen LogP contribution is 2.30. The minimum absolute atomic E-state index is 1.20. The molecule has 13 heavy (non-hydrogen) atoms. The van der Waals surface area contributed by atoms with Crippen LogP contribution in [0.1, 0.15) is 32.6 Å². The van der Waals surface area contributed by atoms with Crippen LogP contribution < -0.4 is 0 Å². The highest BCUT2D eigenvalue weighted by atomic mass is 14.2. The largest absolute Gasteiger partial charge is 0.0991 e. The molecule has 0 bridgehead atoms. The van der Waals surface area contributed by atoms with E-state index in [9.17, 15) is 0 Å². The van der Waals surface area contributed by atoms with Gasteiger partial charge in [-0.15, -0.1) is 0 Å². The van der Waals surface area contributed by atoms with Crippen molar-refractivity contribution in [1.29, 1.82) is 0 Å². The Hall–Kier alpha value is -1.04. The van der Waals surface area contributed by atoms with Crippen LogP contribution in [0.5, 0.6) is 0 Å². The van der Waals surface area contributed by atoms with Gasteiger partial charge in [0, 0.05) is 0 Å². The van der Waals surface area contributed by atoms with Crippen molar-refractivity contribution >= 4 is 0 Å². The third-order valence-corrected chi connectivity index (χ3v) is 2.60. The first kappa shape index (κ1) is 10.0. The first-order chi connectivity index (χ1) is 6.29. The van der Waals surface area contributed by atoms with Gasteiger partial charge in [0.05, 0.1) is 0 Å². The summed E-state index contributed by atoms with van der Waals surface area (Å²) in [6, 6.07) is 0. The third kappa shape index (κ3) is 2.45. The van der Waals surface area contributed by atoms with E-state index in [1.165, 1.54) is 42.4 Å². The smallest absolute Gasteiger partial charge is 0.0273 e. The summed E-state index contributed by atoms with van der Waals surface area (Å²) in [5, 5.41) is 0. The molecule has 0 atom stereocenters. The summed E-state index contributed by atoms with van der Waals surface area (Å²) < 4.78 is 0. The minimum atomic E-state index is 1.20. The second-order valence-corrected chi connectivity index (χ2v) is 3.50. The second kappa shape index (κ2) is 4.86. The molecular formula is C13H18. The van der Waals surface area contributed by atoms with E-state index in [1.807, 2.05) is 12.2 Å². The Balaban J connectivity index is 2.96. The van der Waals surface area contributed by atoms with Gasteiger partial charge in [0.2, 0.25) is 0 Å². The van der Waals surface area contributed by atoms with Gasteiger partial charge in [-0.2, -0.15) is 0 Å². The maximum atomic E-state index is 3.87. The van der Waals surface area contributed by atoms with Crippen LogP contribution in [0.4, 0.5) is 0 Å². The topological polar surface area (TPSA) is 0 Å². The number of hydrogen-bond donors (Lipinski definition) is 0. The Kier molecular flexibility index (Phi) is 3.75. The van der Waals surface area contributed by atoms with Crippen molar-refractivity contribution in [2.24, 2.45) is 0 Å². The van der Waals surface area contributed by atoms with Gasteiger partial charge >= 0.3 is 0 Å². The molecule has 0 aromatic carbocycles. The molecule has 0 fully saturated rings. The van der Waals surface area contributed by atoms with Gasteiger partial charge in [-0.3, -0.25) is 0 Å². The quantitative estimate of drug-likeness (QED) is 0.563. The molecular weight excluding hydrogens is 156 g/mol. The molecule has 1 aliphatic rings. The van der Waals surface area contributed by atoms with E-state index in [4.69, 9.17) is 0 Å². The fraction of sp³-hybridized carbons (Fsp3) is 0.385. The van der Waals surface area contributed by atoms with Crippen molar-refractivity contribution < 1.29 is 0 Å². The minimum Gasteiger partial charge on any atom is -0.0991 e. The van der Waals surface area contributed by atoms with Crippen molar-refractivity contribution in [2.75, 3.05) is 0 Å². The molecule has 0 amide bonds. The molecule has 0 unspecified atom stereocenters.